The Bertz CT molecular complexity index is 828. The van der Waals surface area contributed by atoms with Gasteiger partial charge in [0.1, 0.15) is 0 Å². The van der Waals surface area contributed by atoms with Crippen LogP contribution in [0.1, 0.15) is 60.9 Å². The topological polar surface area (TPSA) is 41.1 Å². The van der Waals surface area contributed by atoms with Crippen molar-refractivity contribution < 1.29 is 4.79 Å². The maximum Gasteiger partial charge on any atom is 0.224 e. The van der Waals surface area contributed by atoms with Crippen LogP contribution in [0.15, 0.2) is 36.4 Å². The third-order valence-corrected chi connectivity index (χ3v) is 5.96. The van der Waals surface area contributed by atoms with Gasteiger partial charge >= 0.3 is 0 Å². The molecule has 2 aliphatic rings. The van der Waals surface area contributed by atoms with Crippen molar-refractivity contribution in [2.45, 2.75) is 58.9 Å². The summed E-state index contributed by atoms with van der Waals surface area (Å²) < 4.78 is 0. The zero-order chi connectivity index (χ0) is 18.3. The standard InChI is InChI=1S/C23H28N2O/c1-15-12-18(20-9-8-17-6-4-5-7-19(17)24-20)13-16(2)22(15)25-21(26)14-23(3)10-11-23/h4-7,12-13,20,24H,8-11,14H2,1-3H3,(H,25,26). The highest BCUT2D eigenvalue weighted by atomic mass is 16.1. The van der Waals surface area contributed by atoms with Crippen molar-refractivity contribution in [3.05, 3.63) is 58.7 Å². The number of fused-ring (bicyclic) bond motifs is 1. The van der Waals surface area contributed by atoms with Crippen LogP contribution in [-0.4, -0.2) is 5.91 Å². The van der Waals surface area contributed by atoms with Crippen molar-refractivity contribution >= 4 is 17.3 Å². The molecular formula is C23H28N2O. The number of carbonyl (C=O) groups excluding carboxylic acids is 1. The molecule has 1 saturated carbocycles. The van der Waals surface area contributed by atoms with E-state index in [1.165, 1.54) is 29.7 Å². The number of anilines is 2. The second kappa shape index (κ2) is 6.46. The minimum Gasteiger partial charge on any atom is -0.378 e. The fourth-order valence-electron chi connectivity index (χ4n) is 4.05. The molecule has 26 heavy (non-hydrogen) atoms. The van der Waals surface area contributed by atoms with Gasteiger partial charge in [-0.05, 0) is 73.3 Å². The summed E-state index contributed by atoms with van der Waals surface area (Å²) in [6.45, 7) is 6.39. The van der Waals surface area contributed by atoms with Crippen molar-refractivity contribution in [1.29, 1.82) is 0 Å². The molecule has 0 spiro atoms. The predicted molar refractivity (Wildman–Crippen MR) is 108 cm³/mol. The monoisotopic (exact) mass is 348 g/mol. The quantitative estimate of drug-likeness (QED) is 0.762. The second-order valence-corrected chi connectivity index (χ2v) is 8.46. The van der Waals surface area contributed by atoms with E-state index in [4.69, 9.17) is 0 Å². The number of hydrogen-bond acceptors (Lipinski definition) is 2. The minimum absolute atomic E-state index is 0.147. The smallest absolute Gasteiger partial charge is 0.224 e. The van der Waals surface area contributed by atoms with Gasteiger partial charge in [0.25, 0.3) is 0 Å². The maximum absolute atomic E-state index is 12.4. The molecule has 4 rings (SSSR count). The lowest BCUT2D eigenvalue weighted by Gasteiger charge is -2.28. The molecule has 1 heterocycles. The lowest BCUT2D eigenvalue weighted by atomic mass is 9.91. The Morgan fingerprint density at radius 3 is 2.58 bits per heavy atom. The van der Waals surface area contributed by atoms with E-state index in [1.807, 2.05) is 0 Å². The summed E-state index contributed by atoms with van der Waals surface area (Å²) in [6.07, 6.45) is 5.18. The normalized spacial score (nSPS) is 20.0. The molecule has 136 valence electrons. The van der Waals surface area contributed by atoms with E-state index < -0.39 is 0 Å². The molecule has 3 nitrogen and oxygen atoms in total. The van der Waals surface area contributed by atoms with Crippen molar-refractivity contribution in [1.82, 2.24) is 0 Å². The number of aryl methyl sites for hydroxylation is 3. The van der Waals surface area contributed by atoms with E-state index in [0.29, 0.717) is 12.5 Å². The molecule has 0 aromatic heterocycles. The van der Waals surface area contributed by atoms with Crippen LogP contribution in [0.25, 0.3) is 0 Å². The summed E-state index contributed by atoms with van der Waals surface area (Å²) in [5.41, 5.74) is 7.47. The minimum atomic E-state index is 0.147. The Labute approximate surface area is 156 Å². The van der Waals surface area contributed by atoms with Crippen LogP contribution < -0.4 is 10.6 Å². The van der Waals surface area contributed by atoms with Gasteiger partial charge in [0.05, 0.1) is 6.04 Å². The second-order valence-electron chi connectivity index (χ2n) is 8.46. The van der Waals surface area contributed by atoms with Gasteiger partial charge in [-0.15, -0.1) is 0 Å². The summed E-state index contributed by atoms with van der Waals surface area (Å²) in [4.78, 5) is 12.4. The van der Waals surface area contributed by atoms with Gasteiger partial charge in [0.15, 0.2) is 0 Å². The predicted octanol–water partition coefficient (Wildman–Crippen LogP) is 5.53. The first-order valence-corrected chi connectivity index (χ1v) is 9.69. The van der Waals surface area contributed by atoms with Crippen LogP contribution in [-0.2, 0) is 11.2 Å². The van der Waals surface area contributed by atoms with Crippen LogP contribution in [0, 0.1) is 19.3 Å². The van der Waals surface area contributed by atoms with Crippen molar-refractivity contribution in [2.75, 3.05) is 10.6 Å². The average Bonchev–Trinajstić information content (AvgIpc) is 3.34. The first-order chi connectivity index (χ1) is 12.4. The van der Waals surface area contributed by atoms with Gasteiger partial charge in [-0.25, -0.2) is 0 Å². The summed E-state index contributed by atoms with van der Waals surface area (Å²) in [5.74, 6) is 0.147. The van der Waals surface area contributed by atoms with Gasteiger partial charge < -0.3 is 10.6 Å². The van der Waals surface area contributed by atoms with Gasteiger partial charge in [-0.1, -0.05) is 37.3 Å². The van der Waals surface area contributed by atoms with Crippen molar-refractivity contribution in [2.24, 2.45) is 5.41 Å². The fraction of sp³-hybridized carbons (Fsp3) is 0.435. The zero-order valence-corrected chi connectivity index (χ0v) is 16.0. The number of hydrogen-bond donors (Lipinski definition) is 2. The van der Waals surface area contributed by atoms with Crippen LogP contribution in [0.2, 0.25) is 0 Å². The SMILES string of the molecule is Cc1cc(C2CCc3ccccc3N2)cc(C)c1NC(=O)CC1(C)CC1. The van der Waals surface area contributed by atoms with E-state index >= 15 is 0 Å². The number of benzene rings is 2. The number of nitrogens with one attached hydrogen (secondary N) is 2. The Kier molecular flexibility index (Phi) is 4.26. The molecule has 2 aromatic rings. The van der Waals surface area contributed by atoms with Crippen LogP contribution in [0.4, 0.5) is 11.4 Å². The first kappa shape index (κ1) is 17.1. The first-order valence-electron chi connectivity index (χ1n) is 9.69. The largest absolute Gasteiger partial charge is 0.378 e. The molecule has 1 atom stereocenters. The van der Waals surface area contributed by atoms with Crippen LogP contribution in [0.3, 0.4) is 0 Å². The highest BCUT2D eigenvalue weighted by molar-refractivity contribution is 5.93. The third kappa shape index (κ3) is 3.48. The molecule has 2 N–H and O–H groups in total. The Morgan fingerprint density at radius 1 is 1.19 bits per heavy atom. The fourth-order valence-corrected chi connectivity index (χ4v) is 4.05. The van der Waals surface area contributed by atoms with Gasteiger partial charge in [0, 0.05) is 17.8 Å². The van der Waals surface area contributed by atoms with Crippen LogP contribution in [0.5, 0.6) is 0 Å². The van der Waals surface area contributed by atoms with E-state index in [2.05, 4.69) is 67.8 Å². The average molecular weight is 348 g/mol. The number of carbonyl (C=O) groups is 1. The van der Waals surface area contributed by atoms with Crippen LogP contribution >= 0.6 is 0 Å². The lowest BCUT2D eigenvalue weighted by Crippen LogP contribution is -2.19. The van der Waals surface area contributed by atoms with E-state index in [-0.39, 0.29) is 11.3 Å². The lowest BCUT2D eigenvalue weighted by molar-refractivity contribution is -0.117. The number of para-hydroxylation sites is 1. The highest BCUT2D eigenvalue weighted by Gasteiger charge is 2.39. The molecule has 3 heteroatoms. The molecule has 0 saturated heterocycles. The molecule has 1 fully saturated rings. The third-order valence-electron chi connectivity index (χ3n) is 5.96. The Balaban J connectivity index is 1.51. The Morgan fingerprint density at radius 2 is 1.88 bits per heavy atom. The molecule has 1 aliphatic carbocycles. The number of rotatable bonds is 4. The maximum atomic E-state index is 12.4. The van der Waals surface area contributed by atoms with E-state index in [0.717, 1.165) is 29.7 Å². The van der Waals surface area contributed by atoms with E-state index in [1.54, 1.807) is 0 Å². The Hall–Kier alpha value is -2.29. The molecule has 2 aromatic carbocycles. The summed E-state index contributed by atoms with van der Waals surface area (Å²) in [7, 11) is 0. The summed E-state index contributed by atoms with van der Waals surface area (Å²) in [5, 5.41) is 6.84. The molecule has 1 unspecified atom stereocenters. The molecule has 1 amide bonds. The summed E-state index contributed by atoms with van der Waals surface area (Å²) >= 11 is 0. The van der Waals surface area contributed by atoms with Crippen molar-refractivity contribution in [3.63, 3.8) is 0 Å². The van der Waals surface area contributed by atoms with Crippen molar-refractivity contribution in [3.8, 4) is 0 Å². The summed E-state index contributed by atoms with van der Waals surface area (Å²) in [6, 6.07) is 13.3. The van der Waals surface area contributed by atoms with Gasteiger partial charge in [0.2, 0.25) is 5.91 Å². The molecule has 1 aliphatic heterocycles. The number of amides is 1. The molecule has 0 bridgehead atoms. The molecule has 0 radical (unpaired) electrons. The highest BCUT2D eigenvalue weighted by Crippen LogP contribution is 2.48. The van der Waals surface area contributed by atoms with Gasteiger partial charge in [-0.2, -0.15) is 0 Å². The zero-order valence-electron chi connectivity index (χ0n) is 16.0. The van der Waals surface area contributed by atoms with E-state index in [9.17, 15) is 4.79 Å². The molecular weight excluding hydrogens is 320 g/mol. The van der Waals surface area contributed by atoms with Gasteiger partial charge in [-0.3, -0.25) is 4.79 Å².